The fraction of sp³-hybridized carbons (Fsp3) is 0.824. The Kier molecular flexibility index (Phi) is 4.69. The smallest absolute Gasteiger partial charge is 0.318 e. The van der Waals surface area contributed by atoms with Gasteiger partial charge >= 0.3 is 6.03 Å². The number of amides is 2. The first kappa shape index (κ1) is 15.9. The van der Waals surface area contributed by atoms with Gasteiger partial charge in [0.25, 0.3) is 0 Å². The largest absolute Gasteiger partial charge is 0.381 e. The molecule has 1 aromatic heterocycles. The summed E-state index contributed by atoms with van der Waals surface area (Å²) in [4.78, 5) is 14.7. The van der Waals surface area contributed by atoms with E-state index >= 15 is 0 Å². The van der Waals surface area contributed by atoms with E-state index in [0.29, 0.717) is 18.5 Å². The van der Waals surface area contributed by atoms with Gasteiger partial charge in [-0.2, -0.15) is 0 Å². The monoisotopic (exact) mass is 333 g/mol. The Balaban J connectivity index is 1.35. The third kappa shape index (κ3) is 3.55. The second-order valence-corrected chi connectivity index (χ2v) is 7.27. The molecule has 24 heavy (non-hydrogen) atoms. The van der Waals surface area contributed by atoms with Crippen LogP contribution in [0.15, 0.2) is 0 Å². The van der Waals surface area contributed by atoms with E-state index in [1.807, 2.05) is 4.90 Å². The number of aryl methyl sites for hydroxylation is 1. The molecule has 0 spiro atoms. The van der Waals surface area contributed by atoms with Crippen molar-refractivity contribution < 1.29 is 9.53 Å². The first-order chi connectivity index (χ1) is 11.8. The Morgan fingerprint density at radius 3 is 2.96 bits per heavy atom. The number of nitrogens with one attached hydrogen (secondary N) is 1. The highest BCUT2D eigenvalue weighted by atomic mass is 16.5. The maximum Gasteiger partial charge on any atom is 0.318 e. The molecule has 7 nitrogen and oxygen atoms in total. The summed E-state index contributed by atoms with van der Waals surface area (Å²) in [6, 6.07) is 0.455. The van der Waals surface area contributed by atoms with Crippen LogP contribution < -0.4 is 5.32 Å². The summed E-state index contributed by atoms with van der Waals surface area (Å²) in [6.45, 7) is 3.87. The fourth-order valence-corrected chi connectivity index (χ4v) is 3.72. The van der Waals surface area contributed by atoms with Crippen LogP contribution in [-0.2, 0) is 24.2 Å². The molecule has 3 heterocycles. The topological polar surface area (TPSA) is 72.3 Å². The summed E-state index contributed by atoms with van der Waals surface area (Å²) in [5, 5.41) is 11.7. The van der Waals surface area contributed by atoms with Gasteiger partial charge in [0.15, 0.2) is 5.82 Å². The van der Waals surface area contributed by atoms with E-state index in [1.54, 1.807) is 0 Å². The zero-order valence-corrected chi connectivity index (χ0v) is 14.2. The van der Waals surface area contributed by atoms with Crippen molar-refractivity contribution in [2.75, 3.05) is 19.8 Å². The minimum atomic E-state index is 0.0374. The second kappa shape index (κ2) is 7.09. The molecule has 2 amide bonds. The zero-order chi connectivity index (χ0) is 16.4. The lowest BCUT2D eigenvalue weighted by atomic mass is 10.1. The second-order valence-electron chi connectivity index (χ2n) is 7.27. The van der Waals surface area contributed by atoms with Crippen LogP contribution in [0, 0.1) is 5.92 Å². The lowest BCUT2D eigenvalue weighted by molar-refractivity contribution is 0.162. The summed E-state index contributed by atoms with van der Waals surface area (Å²) in [6.07, 6.45) is 7.91. The molecule has 0 aromatic carbocycles. The Bertz CT molecular complexity index is 578. The summed E-state index contributed by atoms with van der Waals surface area (Å²) in [5.41, 5.74) is 0. The van der Waals surface area contributed by atoms with Gasteiger partial charge in [0.05, 0.1) is 13.2 Å². The predicted molar refractivity (Wildman–Crippen MR) is 88.5 cm³/mol. The molecule has 0 unspecified atom stereocenters. The molecule has 1 saturated heterocycles. The van der Waals surface area contributed by atoms with Crippen molar-refractivity contribution in [3.63, 3.8) is 0 Å². The average Bonchev–Trinajstić information content (AvgIpc) is 3.25. The van der Waals surface area contributed by atoms with Gasteiger partial charge < -0.3 is 19.5 Å². The molecule has 1 atom stereocenters. The van der Waals surface area contributed by atoms with Crippen LogP contribution >= 0.6 is 0 Å². The van der Waals surface area contributed by atoms with Crippen LogP contribution in [0.3, 0.4) is 0 Å². The van der Waals surface area contributed by atoms with Crippen molar-refractivity contribution in [3.05, 3.63) is 11.6 Å². The Morgan fingerprint density at radius 2 is 2.17 bits per heavy atom. The molecule has 2 aliphatic heterocycles. The first-order valence-corrected chi connectivity index (χ1v) is 9.34. The van der Waals surface area contributed by atoms with Crippen LogP contribution in [0.4, 0.5) is 4.79 Å². The molecule has 4 rings (SSSR count). The standard InChI is InChI=1S/C17H27N5O2/c23-17(22(14-5-6-14)11-13-7-9-24-12-13)18-10-16-20-19-15-4-2-1-3-8-21(15)16/h13-14H,1-12H2,(H,18,23)/t13-/m0/s1. The van der Waals surface area contributed by atoms with Crippen molar-refractivity contribution in [1.29, 1.82) is 0 Å². The maximum absolute atomic E-state index is 12.7. The van der Waals surface area contributed by atoms with Gasteiger partial charge in [-0.25, -0.2) is 4.79 Å². The third-order valence-electron chi connectivity index (χ3n) is 5.31. The van der Waals surface area contributed by atoms with Crippen LogP contribution in [0.25, 0.3) is 0 Å². The number of nitrogens with zero attached hydrogens (tertiary/aromatic N) is 4. The molecule has 0 bridgehead atoms. The SMILES string of the molecule is O=C(NCc1nnc2n1CCCCC2)N(C[C@@H]1CCOC1)C1CC1. The van der Waals surface area contributed by atoms with E-state index < -0.39 is 0 Å². The Labute approximate surface area is 142 Å². The van der Waals surface area contributed by atoms with E-state index in [0.717, 1.165) is 63.6 Å². The van der Waals surface area contributed by atoms with Crippen molar-refractivity contribution in [1.82, 2.24) is 25.0 Å². The van der Waals surface area contributed by atoms with Gasteiger partial charge in [0, 0.05) is 38.1 Å². The number of rotatable bonds is 5. The number of carbonyl (C=O) groups excluding carboxylic acids is 1. The van der Waals surface area contributed by atoms with Gasteiger partial charge in [-0.3, -0.25) is 0 Å². The van der Waals surface area contributed by atoms with Gasteiger partial charge in [-0.15, -0.1) is 10.2 Å². The molecular formula is C17H27N5O2. The molecule has 0 radical (unpaired) electrons. The van der Waals surface area contributed by atoms with E-state index in [1.165, 1.54) is 19.3 Å². The molecule has 1 aromatic rings. The number of urea groups is 1. The van der Waals surface area contributed by atoms with Crippen molar-refractivity contribution in [3.8, 4) is 0 Å². The quantitative estimate of drug-likeness (QED) is 0.890. The first-order valence-electron chi connectivity index (χ1n) is 9.34. The normalized spacial score (nSPS) is 23.6. The lowest BCUT2D eigenvalue weighted by Gasteiger charge is -2.25. The number of hydrogen-bond acceptors (Lipinski definition) is 4. The van der Waals surface area contributed by atoms with E-state index in [-0.39, 0.29) is 6.03 Å². The highest BCUT2D eigenvalue weighted by Crippen LogP contribution is 2.29. The number of carbonyl (C=O) groups is 1. The molecular weight excluding hydrogens is 306 g/mol. The van der Waals surface area contributed by atoms with E-state index in [9.17, 15) is 4.79 Å². The van der Waals surface area contributed by atoms with Gasteiger partial charge in [0.1, 0.15) is 5.82 Å². The molecule has 1 saturated carbocycles. The van der Waals surface area contributed by atoms with Crippen LogP contribution in [0.2, 0.25) is 0 Å². The van der Waals surface area contributed by atoms with Gasteiger partial charge in [-0.05, 0) is 32.1 Å². The molecule has 132 valence electrons. The number of ether oxygens (including phenoxy) is 1. The number of fused-ring (bicyclic) bond motifs is 1. The maximum atomic E-state index is 12.7. The number of aromatic nitrogens is 3. The molecule has 7 heteroatoms. The average molecular weight is 333 g/mol. The zero-order valence-electron chi connectivity index (χ0n) is 14.2. The third-order valence-corrected chi connectivity index (χ3v) is 5.31. The summed E-state index contributed by atoms with van der Waals surface area (Å²) >= 11 is 0. The lowest BCUT2D eigenvalue weighted by Crippen LogP contribution is -2.44. The predicted octanol–water partition coefficient (Wildman–Crippen LogP) is 1.71. The Hall–Kier alpha value is -1.63. The number of hydrogen-bond donors (Lipinski definition) is 1. The summed E-state index contributed by atoms with van der Waals surface area (Å²) < 4.78 is 7.64. The minimum Gasteiger partial charge on any atom is -0.381 e. The van der Waals surface area contributed by atoms with Gasteiger partial charge in [-0.1, -0.05) is 6.42 Å². The highest BCUT2D eigenvalue weighted by Gasteiger charge is 2.34. The van der Waals surface area contributed by atoms with Crippen LogP contribution in [-0.4, -0.2) is 51.5 Å². The molecule has 1 aliphatic carbocycles. The minimum absolute atomic E-state index is 0.0374. The fourth-order valence-electron chi connectivity index (χ4n) is 3.72. The van der Waals surface area contributed by atoms with E-state index in [2.05, 4.69) is 20.1 Å². The van der Waals surface area contributed by atoms with Gasteiger partial charge in [0.2, 0.25) is 0 Å². The van der Waals surface area contributed by atoms with Crippen molar-refractivity contribution >= 4 is 6.03 Å². The highest BCUT2D eigenvalue weighted by molar-refractivity contribution is 5.74. The summed E-state index contributed by atoms with van der Waals surface area (Å²) in [5.74, 6) is 2.44. The van der Waals surface area contributed by atoms with E-state index in [4.69, 9.17) is 4.74 Å². The Morgan fingerprint density at radius 1 is 1.25 bits per heavy atom. The van der Waals surface area contributed by atoms with Crippen molar-refractivity contribution in [2.24, 2.45) is 5.92 Å². The van der Waals surface area contributed by atoms with Crippen LogP contribution in [0.1, 0.15) is 50.2 Å². The van der Waals surface area contributed by atoms with Crippen molar-refractivity contribution in [2.45, 2.75) is 64.1 Å². The molecule has 3 aliphatic rings. The summed E-state index contributed by atoms with van der Waals surface area (Å²) in [7, 11) is 0. The van der Waals surface area contributed by atoms with Crippen LogP contribution in [0.5, 0.6) is 0 Å². The molecule has 1 N–H and O–H groups in total. The molecule has 2 fully saturated rings.